The van der Waals surface area contributed by atoms with Crippen molar-refractivity contribution in [2.75, 3.05) is 11.4 Å². The topological polar surface area (TPSA) is 84.4 Å². The second-order valence-corrected chi connectivity index (χ2v) is 7.93. The molecule has 1 saturated heterocycles. The molecule has 0 aliphatic carbocycles. The Kier molecular flexibility index (Phi) is 3.85. The van der Waals surface area contributed by atoms with E-state index in [-0.39, 0.29) is 30.8 Å². The number of urea groups is 1. The lowest BCUT2D eigenvalue weighted by Gasteiger charge is -2.40. The number of nitrogens with one attached hydrogen (secondary N) is 1. The molecule has 0 radical (unpaired) electrons. The van der Waals surface area contributed by atoms with Crippen molar-refractivity contribution in [3.63, 3.8) is 0 Å². The van der Waals surface area contributed by atoms with Gasteiger partial charge in [-0.2, -0.15) is 0 Å². The van der Waals surface area contributed by atoms with Crippen LogP contribution in [0.15, 0.2) is 41.6 Å². The van der Waals surface area contributed by atoms with Crippen LogP contribution in [0.4, 0.5) is 29.9 Å². The minimum Gasteiger partial charge on any atom is -0.424 e. The molecular formula is C14H11F5N4O3S. The summed E-state index contributed by atoms with van der Waals surface area (Å²) in [4.78, 5) is 29.4. The number of aromatic nitrogens is 2. The van der Waals surface area contributed by atoms with E-state index in [1.807, 2.05) is 0 Å². The first kappa shape index (κ1) is 18.8. The molecule has 0 spiro atoms. The SMILES string of the molecule is O=C1CCN(c2cnc(Oc3cccc(S(F)(F)(F)(F)F)c3)nc2)C(=O)N1. The predicted molar refractivity (Wildman–Crippen MR) is 85.4 cm³/mol. The quantitative estimate of drug-likeness (QED) is 0.757. The summed E-state index contributed by atoms with van der Waals surface area (Å²) < 4.78 is 69.2. The summed E-state index contributed by atoms with van der Waals surface area (Å²) in [6.45, 7) is 0.0974. The van der Waals surface area contributed by atoms with Gasteiger partial charge in [0.05, 0.1) is 18.1 Å². The summed E-state index contributed by atoms with van der Waals surface area (Å²) in [5.74, 6) is -0.962. The molecule has 1 aliphatic rings. The van der Waals surface area contributed by atoms with Crippen LogP contribution in [0.2, 0.25) is 0 Å². The Morgan fingerprint density at radius 1 is 1.07 bits per heavy atom. The van der Waals surface area contributed by atoms with Gasteiger partial charge in [-0.25, -0.2) is 14.8 Å². The Hall–Kier alpha value is -2.96. The fraction of sp³-hybridized carbons (Fsp3) is 0.143. The van der Waals surface area contributed by atoms with Crippen LogP contribution in [0.1, 0.15) is 6.42 Å². The Morgan fingerprint density at radius 3 is 2.33 bits per heavy atom. The number of hydrogen-bond acceptors (Lipinski definition) is 5. The molecule has 2 heterocycles. The van der Waals surface area contributed by atoms with Crippen LogP contribution < -0.4 is 15.0 Å². The van der Waals surface area contributed by atoms with E-state index in [0.717, 1.165) is 24.5 Å². The zero-order valence-electron chi connectivity index (χ0n) is 13.2. The maximum absolute atomic E-state index is 12.8. The molecule has 2 aromatic rings. The third-order valence-corrected chi connectivity index (χ3v) is 4.59. The molecule has 1 aliphatic heterocycles. The van der Waals surface area contributed by atoms with Gasteiger partial charge >= 0.3 is 22.3 Å². The first-order valence-corrected chi connectivity index (χ1v) is 9.22. The normalized spacial score (nSPS) is 17.7. The van der Waals surface area contributed by atoms with E-state index in [1.54, 1.807) is 0 Å². The first-order valence-electron chi connectivity index (χ1n) is 7.27. The third-order valence-electron chi connectivity index (χ3n) is 3.44. The highest BCUT2D eigenvalue weighted by Gasteiger charge is 2.65. The second-order valence-electron chi connectivity index (χ2n) is 5.52. The molecule has 146 valence electrons. The van der Waals surface area contributed by atoms with Crippen molar-refractivity contribution in [1.82, 2.24) is 15.3 Å². The third kappa shape index (κ3) is 4.42. The van der Waals surface area contributed by atoms with Crippen molar-refractivity contribution in [2.24, 2.45) is 0 Å². The lowest BCUT2D eigenvalue weighted by atomic mass is 10.3. The molecule has 27 heavy (non-hydrogen) atoms. The predicted octanol–water partition coefficient (Wildman–Crippen LogP) is 4.37. The van der Waals surface area contributed by atoms with Crippen molar-refractivity contribution in [2.45, 2.75) is 11.3 Å². The molecule has 1 fully saturated rings. The molecule has 3 amide bonds. The average Bonchev–Trinajstić information content (AvgIpc) is 2.54. The van der Waals surface area contributed by atoms with E-state index in [4.69, 9.17) is 4.74 Å². The zero-order valence-corrected chi connectivity index (χ0v) is 14.1. The largest absolute Gasteiger partial charge is 0.424 e. The molecule has 1 aromatic carbocycles. The number of imide groups is 1. The fourth-order valence-electron chi connectivity index (χ4n) is 2.20. The van der Waals surface area contributed by atoms with Gasteiger partial charge in [0.25, 0.3) is 0 Å². The molecule has 1 aromatic heterocycles. The Labute approximate surface area is 148 Å². The smallest absolute Gasteiger partial charge is 0.328 e. The van der Waals surface area contributed by atoms with Crippen molar-refractivity contribution in [1.29, 1.82) is 0 Å². The fourth-order valence-corrected chi connectivity index (χ4v) is 2.87. The maximum atomic E-state index is 12.8. The van der Waals surface area contributed by atoms with Crippen molar-refractivity contribution in [3.05, 3.63) is 36.7 Å². The van der Waals surface area contributed by atoms with Gasteiger partial charge in [-0.3, -0.25) is 15.0 Å². The van der Waals surface area contributed by atoms with E-state index in [2.05, 4.69) is 15.3 Å². The molecule has 7 nitrogen and oxygen atoms in total. The van der Waals surface area contributed by atoms with Gasteiger partial charge in [-0.15, -0.1) is 0 Å². The molecule has 0 bridgehead atoms. The monoisotopic (exact) mass is 410 g/mol. The van der Waals surface area contributed by atoms with E-state index < -0.39 is 38.8 Å². The number of ether oxygens (including phenoxy) is 1. The summed E-state index contributed by atoms with van der Waals surface area (Å²) in [5.41, 5.74) is 0.216. The van der Waals surface area contributed by atoms with Gasteiger partial charge < -0.3 is 4.74 Å². The highest BCUT2D eigenvalue weighted by Crippen LogP contribution is 3.02. The van der Waals surface area contributed by atoms with Crippen LogP contribution in [0.25, 0.3) is 0 Å². The zero-order chi connectivity index (χ0) is 19.9. The second kappa shape index (κ2) is 5.52. The summed E-state index contributed by atoms with van der Waals surface area (Å²) in [6.07, 6.45) is 2.36. The van der Waals surface area contributed by atoms with E-state index in [9.17, 15) is 29.0 Å². The molecule has 3 rings (SSSR count). The molecule has 1 N–H and O–H groups in total. The van der Waals surface area contributed by atoms with Gasteiger partial charge in [-0.05, 0) is 12.1 Å². The number of benzene rings is 1. The lowest BCUT2D eigenvalue weighted by molar-refractivity contribution is -0.120. The number of rotatable bonds is 4. The first-order chi connectivity index (χ1) is 12.3. The van der Waals surface area contributed by atoms with Crippen LogP contribution >= 0.6 is 10.2 Å². The minimum absolute atomic E-state index is 0.0746. The van der Waals surface area contributed by atoms with Gasteiger partial charge in [-0.1, -0.05) is 25.5 Å². The van der Waals surface area contributed by atoms with Gasteiger partial charge in [0.1, 0.15) is 10.6 Å². The van der Waals surface area contributed by atoms with Crippen molar-refractivity contribution >= 4 is 27.8 Å². The number of anilines is 1. The number of carbonyl (C=O) groups excluding carboxylic acids is 2. The van der Waals surface area contributed by atoms with Crippen LogP contribution in [-0.2, 0) is 4.79 Å². The number of amides is 3. The Morgan fingerprint density at radius 2 is 1.74 bits per heavy atom. The van der Waals surface area contributed by atoms with Gasteiger partial charge in [0.15, 0.2) is 0 Å². The van der Waals surface area contributed by atoms with Crippen molar-refractivity contribution < 1.29 is 33.8 Å². The standard InChI is InChI=1S/C14H11F5N4O3S/c15-27(16,17,18,19)11-3-1-2-10(6-11)26-13-20-7-9(8-21-13)23-5-4-12(24)22-14(23)25/h1-3,6-8H,4-5H2,(H,22,24,25). The van der Waals surface area contributed by atoms with Gasteiger partial charge in [0, 0.05) is 19.0 Å². The highest BCUT2D eigenvalue weighted by molar-refractivity contribution is 8.45. The Bertz CT molecular complexity index is 921. The molecule has 13 heteroatoms. The van der Waals surface area contributed by atoms with Crippen LogP contribution in [0, 0.1) is 0 Å². The van der Waals surface area contributed by atoms with Crippen molar-refractivity contribution in [3.8, 4) is 11.8 Å². The minimum atomic E-state index is -9.84. The highest BCUT2D eigenvalue weighted by atomic mass is 32.5. The van der Waals surface area contributed by atoms with Crippen LogP contribution in [0.5, 0.6) is 11.8 Å². The van der Waals surface area contributed by atoms with E-state index in [1.165, 1.54) is 4.90 Å². The molecule has 0 unspecified atom stereocenters. The van der Waals surface area contributed by atoms with E-state index in [0.29, 0.717) is 0 Å². The Balaban J connectivity index is 1.78. The molecule has 0 saturated carbocycles. The van der Waals surface area contributed by atoms with Crippen LogP contribution in [-0.4, -0.2) is 28.5 Å². The maximum Gasteiger partial charge on any atom is 0.328 e. The van der Waals surface area contributed by atoms with Crippen LogP contribution in [0.3, 0.4) is 0 Å². The average molecular weight is 410 g/mol. The number of carbonyl (C=O) groups is 2. The summed E-state index contributed by atoms with van der Waals surface area (Å²) in [7, 11) is -9.84. The summed E-state index contributed by atoms with van der Waals surface area (Å²) in [5, 5.41) is 2.10. The molecular weight excluding hydrogens is 399 g/mol. The molecule has 0 atom stereocenters. The number of halogens is 5. The summed E-state index contributed by atoms with van der Waals surface area (Å²) >= 11 is 0. The lowest BCUT2D eigenvalue weighted by Crippen LogP contribution is -2.49. The summed E-state index contributed by atoms with van der Waals surface area (Å²) in [6, 6.07) is 1.12. The van der Waals surface area contributed by atoms with Gasteiger partial charge in [0.2, 0.25) is 5.91 Å². The van der Waals surface area contributed by atoms with E-state index >= 15 is 0 Å². The number of hydrogen-bond donors (Lipinski definition) is 1. The number of nitrogens with zero attached hydrogens (tertiary/aromatic N) is 3.